The molecule has 1 amide bonds. The number of nitrogens with one attached hydrogen (secondary N) is 1. The Bertz CT molecular complexity index is 787. The van der Waals surface area contributed by atoms with Gasteiger partial charge in [0.05, 0.1) is 18.7 Å². The zero-order valence-electron chi connectivity index (χ0n) is 15.3. The summed E-state index contributed by atoms with van der Waals surface area (Å²) >= 11 is 0. The molecule has 2 aromatic rings. The highest BCUT2D eigenvalue weighted by atomic mass is 16.4. The second-order valence-corrected chi connectivity index (χ2v) is 6.67. The molecule has 0 aliphatic carbocycles. The van der Waals surface area contributed by atoms with Crippen LogP contribution in [-0.4, -0.2) is 26.8 Å². The molecule has 0 saturated carbocycles. The highest BCUT2D eigenvalue weighted by Crippen LogP contribution is 2.16. The molecule has 0 aliphatic rings. The van der Waals surface area contributed by atoms with Crippen molar-refractivity contribution in [2.45, 2.75) is 54.1 Å². The van der Waals surface area contributed by atoms with E-state index in [4.69, 9.17) is 9.52 Å². The van der Waals surface area contributed by atoms with E-state index < -0.39 is 5.97 Å². The first kappa shape index (κ1) is 18.8. The van der Waals surface area contributed by atoms with Gasteiger partial charge in [-0.2, -0.15) is 5.10 Å². The van der Waals surface area contributed by atoms with Gasteiger partial charge in [-0.3, -0.25) is 9.48 Å². The lowest BCUT2D eigenvalue weighted by Crippen LogP contribution is -2.24. The molecule has 136 valence electrons. The number of hydrogen-bond donors (Lipinski definition) is 2. The van der Waals surface area contributed by atoms with Gasteiger partial charge in [-0.05, 0) is 32.8 Å². The van der Waals surface area contributed by atoms with E-state index in [-0.39, 0.29) is 24.4 Å². The van der Waals surface area contributed by atoms with Gasteiger partial charge in [-0.1, -0.05) is 13.8 Å². The van der Waals surface area contributed by atoms with Crippen LogP contribution in [0.1, 0.15) is 52.7 Å². The summed E-state index contributed by atoms with van der Waals surface area (Å²) in [5, 5.41) is 16.3. The number of carboxylic acids is 1. The van der Waals surface area contributed by atoms with E-state index in [1.165, 1.54) is 6.07 Å². The van der Waals surface area contributed by atoms with E-state index in [0.29, 0.717) is 17.4 Å². The Kier molecular flexibility index (Phi) is 5.66. The minimum absolute atomic E-state index is 0.117. The Balaban J connectivity index is 2.00. The van der Waals surface area contributed by atoms with Crippen LogP contribution < -0.4 is 5.32 Å². The summed E-state index contributed by atoms with van der Waals surface area (Å²) < 4.78 is 7.30. The molecule has 2 rings (SSSR count). The zero-order chi connectivity index (χ0) is 18.7. The minimum Gasteiger partial charge on any atom is -0.478 e. The van der Waals surface area contributed by atoms with Gasteiger partial charge in [0.1, 0.15) is 17.1 Å². The number of amides is 1. The average molecular weight is 347 g/mol. The second-order valence-electron chi connectivity index (χ2n) is 6.67. The molecule has 2 aromatic heterocycles. The number of aromatic nitrogens is 2. The SMILES string of the molecule is Cc1nn(CC(C)C)c(C)c1CC(=O)NCc1cc(C(=O)O)c(C)o1. The Hall–Kier alpha value is -2.57. The van der Waals surface area contributed by atoms with Gasteiger partial charge >= 0.3 is 5.97 Å². The number of furan rings is 1. The number of carbonyl (C=O) groups excluding carboxylic acids is 1. The average Bonchev–Trinajstić information content (AvgIpc) is 3.00. The fraction of sp³-hybridized carbons (Fsp3) is 0.500. The first-order valence-electron chi connectivity index (χ1n) is 8.31. The summed E-state index contributed by atoms with van der Waals surface area (Å²) in [4.78, 5) is 23.3. The van der Waals surface area contributed by atoms with Crippen LogP contribution in [0.3, 0.4) is 0 Å². The van der Waals surface area contributed by atoms with Crippen molar-refractivity contribution in [3.8, 4) is 0 Å². The lowest BCUT2D eigenvalue weighted by atomic mass is 10.1. The lowest BCUT2D eigenvalue weighted by Gasteiger charge is -2.08. The third kappa shape index (κ3) is 4.49. The van der Waals surface area contributed by atoms with Gasteiger partial charge in [-0.15, -0.1) is 0 Å². The highest BCUT2D eigenvalue weighted by Gasteiger charge is 2.17. The fourth-order valence-corrected chi connectivity index (χ4v) is 2.77. The monoisotopic (exact) mass is 347 g/mol. The zero-order valence-corrected chi connectivity index (χ0v) is 15.3. The number of carboxylic acid groups (broad SMARTS) is 1. The molecule has 0 fully saturated rings. The largest absolute Gasteiger partial charge is 0.478 e. The van der Waals surface area contributed by atoms with Gasteiger partial charge < -0.3 is 14.8 Å². The van der Waals surface area contributed by atoms with Gasteiger partial charge in [0.25, 0.3) is 0 Å². The Morgan fingerprint density at radius 2 is 2.00 bits per heavy atom. The molecule has 0 aliphatic heterocycles. The molecule has 0 atom stereocenters. The molecule has 25 heavy (non-hydrogen) atoms. The first-order chi connectivity index (χ1) is 11.7. The van der Waals surface area contributed by atoms with Crippen molar-refractivity contribution < 1.29 is 19.1 Å². The molecule has 0 unspecified atom stereocenters. The van der Waals surface area contributed by atoms with Crippen LogP contribution in [0.25, 0.3) is 0 Å². The van der Waals surface area contributed by atoms with Gasteiger partial charge in [0.15, 0.2) is 0 Å². The van der Waals surface area contributed by atoms with E-state index in [1.807, 2.05) is 18.5 Å². The third-order valence-electron chi connectivity index (χ3n) is 4.07. The van der Waals surface area contributed by atoms with E-state index in [2.05, 4.69) is 24.3 Å². The predicted octanol–water partition coefficient (Wildman–Crippen LogP) is 2.61. The van der Waals surface area contributed by atoms with Crippen LogP contribution in [-0.2, 0) is 24.3 Å². The van der Waals surface area contributed by atoms with E-state index in [9.17, 15) is 9.59 Å². The molecular weight excluding hydrogens is 322 g/mol. The standard InChI is InChI=1S/C18H25N3O4/c1-10(2)9-21-12(4)15(11(3)20-21)7-17(22)19-8-14-6-16(18(23)24)13(5)25-14/h6,10H,7-9H2,1-5H3,(H,19,22)(H,23,24). The molecule has 0 radical (unpaired) electrons. The van der Waals surface area contributed by atoms with Crippen LogP contribution in [0, 0.1) is 26.7 Å². The minimum atomic E-state index is -1.04. The second kappa shape index (κ2) is 7.55. The third-order valence-corrected chi connectivity index (χ3v) is 4.07. The van der Waals surface area contributed by atoms with Crippen molar-refractivity contribution in [2.24, 2.45) is 5.92 Å². The van der Waals surface area contributed by atoms with E-state index >= 15 is 0 Å². The summed E-state index contributed by atoms with van der Waals surface area (Å²) in [5.41, 5.74) is 2.91. The number of carbonyl (C=O) groups is 2. The van der Waals surface area contributed by atoms with Crippen LogP contribution >= 0.6 is 0 Å². The molecule has 0 aromatic carbocycles. The van der Waals surface area contributed by atoms with Crippen LogP contribution in [0.5, 0.6) is 0 Å². The van der Waals surface area contributed by atoms with Crippen LogP contribution in [0.4, 0.5) is 0 Å². The predicted molar refractivity (Wildman–Crippen MR) is 92.5 cm³/mol. The Labute approximate surface area is 147 Å². The number of aryl methyl sites for hydroxylation is 2. The maximum Gasteiger partial charge on any atom is 0.339 e. The molecule has 0 saturated heterocycles. The van der Waals surface area contributed by atoms with Crippen molar-refractivity contribution in [3.63, 3.8) is 0 Å². The highest BCUT2D eigenvalue weighted by molar-refractivity contribution is 5.88. The van der Waals surface area contributed by atoms with E-state index in [1.54, 1.807) is 6.92 Å². The molecule has 2 N–H and O–H groups in total. The van der Waals surface area contributed by atoms with Crippen molar-refractivity contribution in [1.82, 2.24) is 15.1 Å². The van der Waals surface area contributed by atoms with Crippen molar-refractivity contribution in [3.05, 3.63) is 40.1 Å². The van der Waals surface area contributed by atoms with Crippen molar-refractivity contribution in [2.75, 3.05) is 0 Å². The van der Waals surface area contributed by atoms with Gasteiger partial charge in [-0.25, -0.2) is 4.79 Å². The molecule has 7 heteroatoms. The molecular formula is C18H25N3O4. The maximum absolute atomic E-state index is 12.2. The van der Waals surface area contributed by atoms with Crippen LogP contribution in [0.15, 0.2) is 10.5 Å². The number of rotatable bonds is 7. The normalized spacial score (nSPS) is 11.1. The van der Waals surface area contributed by atoms with Crippen LogP contribution in [0.2, 0.25) is 0 Å². The summed E-state index contributed by atoms with van der Waals surface area (Å²) in [7, 11) is 0. The maximum atomic E-state index is 12.2. The van der Waals surface area contributed by atoms with E-state index in [0.717, 1.165) is 23.5 Å². The number of hydrogen-bond acceptors (Lipinski definition) is 4. The van der Waals surface area contributed by atoms with Crippen molar-refractivity contribution in [1.29, 1.82) is 0 Å². The Morgan fingerprint density at radius 3 is 2.56 bits per heavy atom. The fourth-order valence-electron chi connectivity index (χ4n) is 2.77. The number of aromatic carboxylic acids is 1. The number of nitrogens with zero attached hydrogens (tertiary/aromatic N) is 2. The van der Waals surface area contributed by atoms with Gasteiger partial charge in [0.2, 0.25) is 5.91 Å². The quantitative estimate of drug-likeness (QED) is 0.802. The van der Waals surface area contributed by atoms with Gasteiger partial charge in [0, 0.05) is 17.8 Å². The summed E-state index contributed by atoms with van der Waals surface area (Å²) in [6, 6.07) is 1.44. The topological polar surface area (TPSA) is 97.4 Å². The Morgan fingerprint density at radius 1 is 1.32 bits per heavy atom. The summed E-state index contributed by atoms with van der Waals surface area (Å²) in [5.74, 6) is 0.0414. The smallest absolute Gasteiger partial charge is 0.339 e. The molecule has 0 spiro atoms. The first-order valence-corrected chi connectivity index (χ1v) is 8.31. The summed E-state index contributed by atoms with van der Waals surface area (Å²) in [6.07, 6.45) is 0.237. The summed E-state index contributed by atoms with van der Waals surface area (Å²) in [6.45, 7) is 10.7. The van der Waals surface area contributed by atoms with Crippen molar-refractivity contribution >= 4 is 11.9 Å². The molecule has 7 nitrogen and oxygen atoms in total. The molecule has 2 heterocycles. The molecule has 0 bridgehead atoms. The lowest BCUT2D eigenvalue weighted by molar-refractivity contribution is -0.120.